The molecule has 0 fully saturated rings. The van der Waals surface area contributed by atoms with Crippen LogP contribution in [0.2, 0.25) is 0 Å². The van der Waals surface area contributed by atoms with Gasteiger partial charge in [0.05, 0.1) is 13.3 Å². The second-order valence-electron chi connectivity index (χ2n) is 5.56. The molecular formula is C19H20N4O. The van der Waals surface area contributed by atoms with E-state index in [1.165, 1.54) is 0 Å². The molecule has 0 radical (unpaired) electrons. The van der Waals surface area contributed by atoms with E-state index in [9.17, 15) is 0 Å². The van der Waals surface area contributed by atoms with Gasteiger partial charge < -0.3 is 9.64 Å². The highest BCUT2D eigenvalue weighted by Crippen LogP contribution is 2.22. The molecule has 2 aromatic carbocycles. The Morgan fingerprint density at radius 2 is 1.92 bits per heavy atom. The Hall–Kier alpha value is -3.08. The van der Waals surface area contributed by atoms with Crippen LogP contribution in [0.4, 0.5) is 5.69 Å². The summed E-state index contributed by atoms with van der Waals surface area (Å²) in [5.41, 5.74) is 3.15. The van der Waals surface area contributed by atoms with Crippen LogP contribution in [-0.4, -0.2) is 37.1 Å². The van der Waals surface area contributed by atoms with Crippen LogP contribution in [0.5, 0.6) is 5.75 Å². The van der Waals surface area contributed by atoms with E-state index in [0.717, 1.165) is 28.4 Å². The largest absolute Gasteiger partial charge is 0.497 e. The standard InChI is InChI=1S/C19H20N4O/c1-22(2)17-9-7-15(8-10-17)14-21-23-12-11-20-19(23)16-5-4-6-18(13-16)24-3/h4-14H,1-3H3/b21-14+. The molecule has 0 spiro atoms. The fourth-order valence-electron chi connectivity index (χ4n) is 2.35. The van der Waals surface area contributed by atoms with Gasteiger partial charge in [-0.1, -0.05) is 24.3 Å². The minimum atomic E-state index is 0.773. The molecule has 1 aromatic heterocycles. The zero-order valence-corrected chi connectivity index (χ0v) is 14.0. The number of imidazole rings is 1. The van der Waals surface area contributed by atoms with Crippen molar-refractivity contribution in [3.05, 3.63) is 66.5 Å². The molecule has 0 saturated heterocycles. The lowest BCUT2D eigenvalue weighted by Crippen LogP contribution is -2.08. The van der Waals surface area contributed by atoms with E-state index in [4.69, 9.17) is 4.74 Å². The number of hydrogen-bond acceptors (Lipinski definition) is 4. The molecule has 0 aliphatic rings. The highest BCUT2D eigenvalue weighted by molar-refractivity contribution is 5.80. The second kappa shape index (κ2) is 7.00. The Morgan fingerprint density at radius 3 is 2.62 bits per heavy atom. The molecule has 0 aliphatic carbocycles. The Labute approximate surface area is 141 Å². The number of aromatic nitrogens is 2. The first kappa shape index (κ1) is 15.8. The molecule has 5 heteroatoms. The monoisotopic (exact) mass is 320 g/mol. The fraction of sp³-hybridized carbons (Fsp3) is 0.158. The smallest absolute Gasteiger partial charge is 0.160 e. The number of anilines is 1. The Balaban J connectivity index is 1.85. The van der Waals surface area contributed by atoms with E-state index < -0.39 is 0 Å². The predicted molar refractivity (Wildman–Crippen MR) is 98.0 cm³/mol. The predicted octanol–water partition coefficient (Wildman–Crippen LogP) is 3.51. The van der Waals surface area contributed by atoms with Crippen molar-refractivity contribution < 1.29 is 4.74 Å². The average molecular weight is 320 g/mol. The van der Waals surface area contributed by atoms with Gasteiger partial charge in [-0.2, -0.15) is 5.10 Å². The molecule has 0 atom stereocenters. The number of nitrogens with zero attached hydrogens (tertiary/aromatic N) is 4. The fourth-order valence-corrected chi connectivity index (χ4v) is 2.35. The summed E-state index contributed by atoms with van der Waals surface area (Å²) in [6.07, 6.45) is 5.39. The Kier molecular flexibility index (Phi) is 4.61. The van der Waals surface area contributed by atoms with Crippen LogP contribution in [0.1, 0.15) is 5.56 Å². The molecule has 0 amide bonds. The van der Waals surface area contributed by atoms with Gasteiger partial charge in [0.15, 0.2) is 5.82 Å². The van der Waals surface area contributed by atoms with Crippen molar-refractivity contribution in [3.63, 3.8) is 0 Å². The van der Waals surface area contributed by atoms with Gasteiger partial charge in [0.25, 0.3) is 0 Å². The van der Waals surface area contributed by atoms with Crippen LogP contribution >= 0.6 is 0 Å². The zero-order valence-electron chi connectivity index (χ0n) is 14.0. The minimum Gasteiger partial charge on any atom is -0.497 e. The number of benzene rings is 2. The number of ether oxygens (including phenoxy) is 1. The van der Waals surface area contributed by atoms with Gasteiger partial charge in [-0.3, -0.25) is 0 Å². The Bertz CT molecular complexity index is 835. The average Bonchev–Trinajstić information content (AvgIpc) is 3.09. The van der Waals surface area contributed by atoms with Gasteiger partial charge in [0, 0.05) is 37.7 Å². The lowest BCUT2D eigenvalue weighted by molar-refractivity contribution is 0.415. The van der Waals surface area contributed by atoms with Gasteiger partial charge in [0.1, 0.15) is 5.75 Å². The summed E-state index contributed by atoms with van der Waals surface area (Å²) in [4.78, 5) is 6.47. The first-order valence-electron chi connectivity index (χ1n) is 7.67. The normalized spacial score (nSPS) is 11.0. The summed E-state index contributed by atoms with van der Waals surface area (Å²) in [7, 11) is 5.70. The van der Waals surface area contributed by atoms with Crippen LogP contribution in [0.3, 0.4) is 0 Å². The lowest BCUT2D eigenvalue weighted by atomic mass is 10.2. The van der Waals surface area contributed by atoms with Crippen molar-refractivity contribution in [2.24, 2.45) is 5.10 Å². The van der Waals surface area contributed by atoms with Crippen molar-refractivity contribution in [3.8, 4) is 17.1 Å². The van der Waals surface area contributed by atoms with E-state index in [1.807, 2.05) is 62.9 Å². The first-order chi connectivity index (χ1) is 11.7. The van der Waals surface area contributed by atoms with Gasteiger partial charge >= 0.3 is 0 Å². The van der Waals surface area contributed by atoms with Crippen LogP contribution < -0.4 is 9.64 Å². The number of methoxy groups -OCH3 is 1. The van der Waals surface area contributed by atoms with E-state index in [1.54, 1.807) is 18.0 Å². The van der Waals surface area contributed by atoms with Crippen molar-refractivity contribution in [2.45, 2.75) is 0 Å². The van der Waals surface area contributed by atoms with E-state index in [2.05, 4.69) is 27.1 Å². The van der Waals surface area contributed by atoms with Crippen LogP contribution in [0.25, 0.3) is 11.4 Å². The van der Waals surface area contributed by atoms with Crippen molar-refractivity contribution in [1.29, 1.82) is 0 Å². The molecule has 3 rings (SSSR count). The van der Waals surface area contributed by atoms with Crippen molar-refractivity contribution in [1.82, 2.24) is 9.66 Å². The summed E-state index contributed by atoms with van der Waals surface area (Å²) in [6.45, 7) is 0. The van der Waals surface area contributed by atoms with Crippen LogP contribution in [-0.2, 0) is 0 Å². The van der Waals surface area contributed by atoms with Gasteiger partial charge in [-0.25, -0.2) is 9.66 Å². The Morgan fingerprint density at radius 1 is 1.12 bits per heavy atom. The summed E-state index contributed by atoms with van der Waals surface area (Å²) >= 11 is 0. The molecule has 0 saturated carbocycles. The quantitative estimate of drug-likeness (QED) is 0.676. The molecule has 0 aliphatic heterocycles. The molecular weight excluding hydrogens is 300 g/mol. The summed E-state index contributed by atoms with van der Waals surface area (Å²) in [5, 5.41) is 4.52. The van der Waals surface area contributed by atoms with Gasteiger partial charge in [0.2, 0.25) is 0 Å². The third kappa shape index (κ3) is 3.46. The first-order valence-corrected chi connectivity index (χ1v) is 7.67. The molecule has 24 heavy (non-hydrogen) atoms. The van der Waals surface area contributed by atoms with Crippen molar-refractivity contribution >= 4 is 11.9 Å². The van der Waals surface area contributed by atoms with Crippen LogP contribution in [0.15, 0.2) is 66.0 Å². The third-order valence-electron chi connectivity index (χ3n) is 3.69. The minimum absolute atomic E-state index is 0.773. The third-order valence-corrected chi connectivity index (χ3v) is 3.69. The highest BCUT2D eigenvalue weighted by Gasteiger charge is 2.06. The van der Waals surface area contributed by atoms with E-state index >= 15 is 0 Å². The topological polar surface area (TPSA) is 42.6 Å². The molecule has 5 nitrogen and oxygen atoms in total. The zero-order chi connectivity index (χ0) is 16.9. The van der Waals surface area contributed by atoms with Gasteiger partial charge in [-0.15, -0.1) is 0 Å². The molecule has 1 heterocycles. The number of hydrogen-bond donors (Lipinski definition) is 0. The van der Waals surface area contributed by atoms with Crippen molar-refractivity contribution in [2.75, 3.05) is 26.1 Å². The molecule has 0 bridgehead atoms. The highest BCUT2D eigenvalue weighted by atomic mass is 16.5. The maximum Gasteiger partial charge on any atom is 0.160 e. The number of rotatable bonds is 5. The molecule has 0 unspecified atom stereocenters. The maximum absolute atomic E-state index is 5.27. The second-order valence-corrected chi connectivity index (χ2v) is 5.56. The van der Waals surface area contributed by atoms with Gasteiger partial charge in [-0.05, 0) is 29.8 Å². The van der Waals surface area contributed by atoms with Crippen LogP contribution in [0, 0.1) is 0 Å². The SMILES string of the molecule is COc1cccc(-c2nccn2/N=C/c2ccc(N(C)C)cc2)c1. The maximum atomic E-state index is 5.27. The summed E-state index contributed by atoms with van der Waals surface area (Å²) in [6, 6.07) is 16.0. The molecule has 0 N–H and O–H groups in total. The van der Waals surface area contributed by atoms with E-state index in [-0.39, 0.29) is 0 Å². The molecule has 3 aromatic rings. The summed E-state index contributed by atoms with van der Waals surface area (Å²) < 4.78 is 7.03. The molecule has 122 valence electrons. The lowest BCUT2D eigenvalue weighted by Gasteiger charge is -2.11. The van der Waals surface area contributed by atoms with E-state index in [0.29, 0.717) is 0 Å². The summed E-state index contributed by atoms with van der Waals surface area (Å²) in [5.74, 6) is 1.57.